The van der Waals surface area contributed by atoms with Gasteiger partial charge >= 0.3 is 5.97 Å². The van der Waals surface area contributed by atoms with E-state index in [-0.39, 0.29) is 12.4 Å². The van der Waals surface area contributed by atoms with Crippen molar-refractivity contribution in [2.75, 3.05) is 46.6 Å². The highest BCUT2D eigenvalue weighted by Gasteiger charge is 2.10. The summed E-state index contributed by atoms with van der Waals surface area (Å²) in [6.07, 6.45) is 1.96. The number of ether oxygens (including phenoxy) is 3. The summed E-state index contributed by atoms with van der Waals surface area (Å²) in [5.74, 6) is 0.570. The molecule has 1 fully saturated rings. The third-order valence-corrected chi connectivity index (χ3v) is 4.35. The van der Waals surface area contributed by atoms with Crippen LogP contribution in [0.3, 0.4) is 0 Å². The Hall–Kier alpha value is -2.44. The highest BCUT2D eigenvalue weighted by Crippen LogP contribution is 2.22. The van der Waals surface area contributed by atoms with Crippen LogP contribution in [0.15, 0.2) is 42.6 Å². The van der Waals surface area contributed by atoms with Crippen molar-refractivity contribution in [3.05, 3.63) is 48.3 Å². The SMILES string of the molecule is CC.COC(=O)Cc1ccc(-c2ccc(OCCN3CCOCC3)cc2)cn1. The van der Waals surface area contributed by atoms with Crippen LogP contribution in [0.5, 0.6) is 5.75 Å². The van der Waals surface area contributed by atoms with Crippen molar-refractivity contribution >= 4 is 5.97 Å². The Kier molecular flexibility index (Phi) is 9.45. The van der Waals surface area contributed by atoms with E-state index in [2.05, 4.69) is 14.6 Å². The van der Waals surface area contributed by atoms with Gasteiger partial charge in [-0.2, -0.15) is 0 Å². The van der Waals surface area contributed by atoms with E-state index in [1.165, 1.54) is 7.11 Å². The fourth-order valence-electron chi connectivity index (χ4n) is 2.78. The van der Waals surface area contributed by atoms with E-state index in [9.17, 15) is 4.79 Å². The molecule has 1 aliphatic rings. The largest absolute Gasteiger partial charge is 0.492 e. The lowest BCUT2D eigenvalue weighted by Crippen LogP contribution is -2.38. The molecule has 0 atom stereocenters. The first-order chi connectivity index (χ1) is 13.7. The summed E-state index contributed by atoms with van der Waals surface area (Å²) in [6, 6.07) is 11.8. The van der Waals surface area contributed by atoms with Gasteiger partial charge in [0.1, 0.15) is 12.4 Å². The van der Waals surface area contributed by atoms with Crippen molar-refractivity contribution < 1.29 is 19.0 Å². The summed E-state index contributed by atoms with van der Waals surface area (Å²) in [5, 5.41) is 0. The van der Waals surface area contributed by atoms with Crippen LogP contribution in [0.25, 0.3) is 11.1 Å². The number of nitrogens with zero attached hydrogens (tertiary/aromatic N) is 2. The van der Waals surface area contributed by atoms with Gasteiger partial charge in [-0.25, -0.2) is 0 Å². The molecule has 28 heavy (non-hydrogen) atoms. The predicted molar refractivity (Wildman–Crippen MR) is 109 cm³/mol. The van der Waals surface area contributed by atoms with E-state index in [4.69, 9.17) is 9.47 Å². The molecule has 0 spiro atoms. The lowest BCUT2D eigenvalue weighted by atomic mass is 10.1. The number of benzene rings is 1. The molecule has 3 rings (SSSR count). The lowest BCUT2D eigenvalue weighted by Gasteiger charge is -2.26. The smallest absolute Gasteiger partial charge is 0.311 e. The van der Waals surface area contributed by atoms with Gasteiger partial charge in [-0.1, -0.05) is 32.0 Å². The van der Waals surface area contributed by atoms with Crippen LogP contribution in [-0.2, 0) is 20.7 Å². The normalized spacial score (nSPS) is 14.0. The van der Waals surface area contributed by atoms with Gasteiger partial charge in [-0.05, 0) is 23.8 Å². The van der Waals surface area contributed by atoms with Crippen LogP contribution in [-0.4, -0.2) is 62.4 Å². The molecule has 0 unspecified atom stereocenters. The fourth-order valence-corrected chi connectivity index (χ4v) is 2.78. The number of methoxy groups -OCH3 is 1. The monoisotopic (exact) mass is 386 g/mol. The maximum absolute atomic E-state index is 11.3. The number of carbonyl (C=O) groups excluding carboxylic acids is 1. The van der Waals surface area contributed by atoms with Gasteiger partial charge in [-0.15, -0.1) is 0 Å². The van der Waals surface area contributed by atoms with E-state index in [1.54, 1.807) is 6.20 Å². The molecule has 6 nitrogen and oxygen atoms in total. The maximum Gasteiger partial charge on any atom is 0.311 e. The Balaban J connectivity index is 0.00000136. The first kappa shape index (κ1) is 21.9. The van der Waals surface area contributed by atoms with E-state index < -0.39 is 0 Å². The molecule has 0 aliphatic carbocycles. The molecule has 2 aromatic rings. The van der Waals surface area contributed by atoms with Gasteiger partial charge in [0.05, 0.1) is 32.4 Å². The van der Waals surface area contributed by atoms with Gasteiger partial charge in [0.25, 0.3) is 0 Å². The summed E-state index contributed by atoms with van der Waals surface area (Å²) in [5.41, 5.74) is 2.75. The number of morpholine rings is 1. The van der Waals surface area contributed by atoms with Crippen molar-refractivity contribution in [1.29, 1.82) is 0 Å². The lowest BCUT2D eigenvalue weighted by molar-refractivity contribution is -0.139. The Morgan fingerprint density at radius 1 is 1.07 bits per heavy atom. The van der Waals surface area contributed by atoms with Crippen molar-refractivity contribution in [1.82, 2.24) is 9.88 Å². The van der Waals surface area contributed by atoms with E-state index in [0.29, 0.717) is 12.3 Å². The Morgan fingerprint density at radius 3 is 2.36 bits per heavy atom. The number of aromatic nitrogens is 1. The van der Waals surface area contributed by atoms with Gasteiger partial charge in [0, 0.05) is 31.4 Å². The topological polar surface area (TPSA) is 60.9 Å². The summed E-state index contributed by atoms with van der Waals surface area (Å²) >= 11 is 0. The molecule has 0 saturated carbocycles. The van der Waals surface area contributed by atoms with Gasteiger partial charge < -0.3 is 14.2 Å². The number of carbonyl (C=O) groups is 1. The van der Waals surface area contributed by atoms with Crippen LogP contribution in [0.2, 0.25) is 0 Å². The third kappa shape index (κ3) is 6.94. The Labute approximate surface area is 167 Å². The summed E-state index contributed by atoms with van der Waals surface area (Å²) in [4.78, 5) is 17.9. The van der Waals surface area contributed by atoms with Crippen LogP contribution in [0.1, 0.15) is 19.5 Å². The van der Waals surface area contributed by atoms with Gasteiger partial charge in [0.15, 0.2) is 0 Å². The predicted octanol–water partition coefficient (Wildman–Crippen LogP) is 3.20. The molecule has 1 aliphatic heterocycles. The van der Waals surface area contributed by atoms with E-state index in [1.807, 2.05) is 50.2 Å². The molecule has 152 valence electrons. The van der Waals surface area contributed by atoms with Crippen LogP contribution >= 0.6 is 0 Å². The average Bonchev–Trinajstić information content (AvgIpc) is 2.77. The van der Waals surface area contributed by atoms with Crippen LogP contribution in [0.4, 0.5) is 0 Å². The number of rotatable bonds is 7. The zero-order chi connectivity index (χ0) is 20.2. The van der Waals surface area contributed by atoms with Crippen molar-refractivity contribution in [2.24, 2.45) is 0 Å². The van der Waals surface area contributed by atoms with Gasteiger partial charge in [-0.3, -0.25) is 14.7 Å². The second-order valence-corrected chi connectivity index (χ2v) is 6.12. The summed E-state index contributed by atoms with van der Waals surface area (Å²) in [7, 11) is 1.38. The van der Waals surface area contributed by atoms with Gasteiger partial charge in [0.2, 0.25) is 0 Å². The molecule has 1 saturated heterocycles. The van der Waals surface area contributed by atoms with Crippen LogP contribution < -0.4 is 4.74 Å². The first-order valence-corrected chi connectivity index (χ1v) is 9.79. The van der Waals surface area contributed by atoms with Crippen molar-refractivity contribution in [3.63, 3.8) is 0 Å². The number of pyridine rings is 1. The fraction of sp³-hybridized carbons (Fsp3) is 0.455. The first-order valence-electron chi connectivity index (χ1n) is 9.79. The molecule has 1 aromatic carbocycles. The quantitative estimate of drug-likeness (QED) is 0.681. The number of hydrogen-bond acceptors (Lipinski definition) is 6. The summed E-state index contributed by atoms with van der Waals surface area (Å²) in [6.45, 7) is 9.14. The Morgan fingerprint density at radius 2 is 1.75 bits per heavy atom. The molecule has 6 heteroatoms. The minimum atomic E-state index is -0.288. The second kappa shape index (κ2) is 12.1. The van der Waals surface area contributed by atoms with Crippen molar-refractivity contribution in [2.45, 2.75) is 20.3 Å². The van der Waals surface area contributed by atoms with E-state index >= 15 is 0 Å². The maximum atomic E-state index is 11.3. The minimum absolute atomic E-state index is 0.187. The second-order valence-electron chi connectivity index (χ2n) is 6.12. The molecule has 0 bridgehead atoms. The average molecular weight is 386 g/mol. The molecular formula is C22H30N2O4. The standard InChI is InChI=1S/C20H24N2O4.C2H6/c1-24-20(23)14-18-5-2-17(15-21-18)16-3-6-19(7-4-16)26-13-10-22-8-11-25-12-9-22;1-2/h2-7,15H,8-14H2,1H3;1-2H3. The molecule has 0 radical (unpaired) electrons. The molecule has 0 amide bonds. The van der Waals surface area contributed by atoms with Crippen LogP contribution in [0, 0.1) is 0 Å². The summed E-state index contributed by atoms with van der Waals surface area (Å²) < 4.78 is 15.8. The zero-order valence-corrected chi connectivity index (χ0v) is 17.0. The molecular weight excluding hydrogens is 356 g/mol. The number of hydrogen-bond donors (Lipinski definition) is 0. The van der Waals surface area contributed by atoms with Crippen molar-refractivity contribution in [3.8, 4) is 16.9 Å². The molecule has 1 aromatic heterocycles. The molecule has 0 N–H and O–H groups in total. The minimum Gasteiger partial charge on any atom is -0.492 e. The van der Waals surface area contributed by atoms with E-state index in [0.717, 1.165) is 49.7 Å². The third-order valence-electron chi connectivity index (χ3n) is 4.35. The highest BCUT2D eigenvalue weighted by atomic mass is 16.5. The zero-order valence-electron chi connectivity index (χ0n) is 17.0. The number of esters is 1. The molecule has 2 heterocycles. The highest BCUT2D eigenvalue weighted by molar-refractivity contribution is 5.72. The Bertz CT molecular complexity index is 695.